The minimum Gasteiger partial charge on any atom is -0.497 e. The summed E-state index contributed by atoms with van der Waals surface area (Å²) < 4.78 is 74.7. The number of alkyl halides is 3. The first-order valence-corrected chi connectivity index (χ1v) is 16.4. The molecule has 4 rings (SSSR count). The van der Waals surface area contributed by atoms with Crippen LogP contribution >= 0.6 is 0 Å². The van der Waals surface area contributed by atoms with Crippen LogP contribution < -0.4 is 14.4 Å². The van der Waals surface area contributed by atoms with Gasteiger partial charge in [-0.15, -0.1) is 0 Å². The molecule has 12 heteroatoms. The molecule has 45 heavy (non-hydrogen) atoms. The van der Waals surface area contributed by atoms with Crippen molar-refractivity contribution in [1.82, 2.24) is 10.2 Å². The molecule has 0 aromatic heterocycles. The molecule has 0 spiro atoms. The fourth-order valence-corrected chi connectivity index (χ4v) is 6.90. The molecule has 0 aliphatic heterocycles. The first-order chi connectivity index (χ1) is 21.4. The fourth-order valence-electron chi connectivity index (χ4n) is 5.48. The molecule has 0 radical (unpaired) electrons. The van der Waals surface area contributed by atoms with Crippen molar-refractivity contribution in [2.45, 2.75) is 75.1 Å². The average molecular weight is 646 g/mol. The van der Waals surface area contributed by atoms with E-state index in [9.17, 15) is 31.2 Å². The largest absolute Gasteiger partial charge is 0.497 e. The van der Waals surface area contributed by atoms with Crippen LogP contribution in [0.3, 0.4) is 0 Å². The van der Waals surface area contributed by atoms with Crippen molar-refractivity contribution in [1.29, 1.82) is 0 Å². The number of anilines is 1. The zero-order valence-electron chi connectivity index (χ0n) is 25.3. The van der Waals surface area contributed by atoms with Crippen LogP contribution in [0.25, 0.3) is 0 Å². The highest BCUT2D eigenvalue weighted by molar-refractivity contribution is 7.92. The molecule has 1 atom stereocenters. The normalized spacial score (nSPS) is 14.8. The number of methoxy groups -OCH3 is 1. The molecule has 1 saturated carbocycles. The van der Waals surface area contributed by atoms with Crippen molar-refractivity contribution in [2.75, 3.05) is 18.0 Å². The third-order valence-corrected chi connectivity index (χ3v) is 9.71. The van der Waals surface area contributed by atoms with E-state index in [0.29, 0.717) is 21.7 Å². The molecule has 1 fully saturated rings. The maximum atomic E-state index is 14.2. The number of nitrogens with one attached hydrogen (secondary N) is 1. The smallest absolute Gasteiger partial charge is 0.416 e. The zero-order valence-corrected chi connectivity index (χ0v) is 26.1. The Morgan fingerprint density at radius 2 is 1.62 bits per heavy atom. The second-order valence-electron chi connectivity index (χ2n) is 11.0. The van der Waals surface area contributed by atoms with E-state index in [1.54, 1.807) is 37.3 Å². The van der Waals surface area contributed by atoms with Gasteiger partial charge in [0.1, 0.15) is 18.3 Å². The van der Waals surface area contributed by atoms with E-state index in [-0.39, 0.29) is 35.5 Å². The molecule has 1 aliphatic carbocycles. The zero-order chi connectivity index (χ0) is 32.6. The minimum absolute atomic E-state index is 0.0293. The number of sulfonamides is 1. The summed E-state index contributed by atoms with van der Waals surface area (Å²) in [6.45, 7) is 0.883. The monoisotopic (exact) mass is 645 g/mol. The van der Waals surface area contributed by atoms with Gasteiger partial charge in [-0.3, -0.25) is 13.9 Å². The lowest BCUT2D eigenvalue weighted by Crippen LogP contribution is -2.54. The number of hydrogen-bond acceptors (Lipinski definition) is 5. The van der Waals surface area contributed by atoms with Crippen molar-refractivity contribution < 1.29 is 35.9 Å². The van der Waals surface area contributed by atoms with Gasteiger partial charge in [0.15, 0.2) is 0 Å². The second-order valence-corrected chi connectivity index (χ2v) is 12.9. The summed E-state index contributed by atoms with van der Waals surface area (Å²) >= 11 is 0. The Labute approximate surface area is 262 Å². The van der Waals surface area contributed by atoms with Crippen LogP contribution in [0.5, 0.6) is 5.75 Å². The fraction of sp³-hybridized carbons (Fsp3) is 0.394. The summed E-state index contributed by atoms with van der Waals surface area (Å²) in [7, 11) is -2.98. The van der Waals surface area contributed by atoms with Crippen molar-refractivity contribution in [3.8, 4) is 5.75 Å². The van der Waals surface area contributed by atoms with Gasteiger partial charge in [-0.25, -0.2) is 8.42 Å². The van der Waals surface area contributed by atoms with Gasteiger partial charge in [-0.2, -0.15) is 13.2 Å². The number of nitrogens with zero attached hydrogens (tertiary/aromatic N) is 2. The van der Waals surface area contributed by atoms with Gasteiger partial charge in [0.25, 0.3) is 10.0 Å². The van der Waals surface area contributed by atoms with Crippen LogP contribution in [-0.2, 0) is 32.3 Å². The Morgan fingerprint density at radius 1 is 0.956 bits per heavy atom. The molecule has 0 saturated heterocycles. The van der Waals surface area contributed by atoms with Gasteiger partial charge in [-0.1, -0.05) is 62.6 Å². The maximum Gasteiger partial charge on any atom is 0.416 e. The first kappa shape index (κ1) is 33.8. The number of halogens is 3. The summed E-state index contributed by atoms with van der Waals surface area (Å²) in [5, 5.41) is 3.06. The van der Waals surface area contributed by atoms with Gasteiger partial charge < -0.3 is 15.0 Å². The first-order valence-electron chi connectivity index (χ1n) is 14.9. The van der Waals surface area contributed by atoms with Gasteiger partial charge in [0.2, 0.25) is 11.8 Å². The van der Waals surface area contributed by atoms with Crippen molar-refractivity contribution in [2.24, 2.45) is 0 Å². The highest BCUT2D eigenvalue weighted by Crippen LogP contribution is 2.33. The van der Waals surface area contributed by atoms with E-state index >= 15 is 0 Å². The van der Waals surface area contributed by atoms with Gasteiger partial charge in [-0.05, 0) is 67.3 Å². The Hall–Kier alpha value is -4.06. The second kappa shape index (κ2) is 14.8. The SMILES string of the molecule is CC[C@H](C(=O)NC1CCCCC1)N(Cc1ccc(OC)cc1)C(=O)CN(c1cccc(C(F)(F)F)c1)S(=O)(=O)c1ccccc1. The lowest BCUT2D eigenvalue weighted by molar-refractivity contribution is -0.140. The van der Waals surface area contributed by atoms with E-state index in [1.807, 2.05) is 0 Å². The molecular weight excluding hydrogens is 607 g/mol. The topological polar surface area (TPSA) is 96.0 Å². The molecule has 3 aromatic rings. The quantitative estimate of drug-likeness (QED) is 0.254. The minimum atomic E-state index is -4.74. The summed E-state index contributed by atoms with van der Waals surface area (Å²) in [6, 6.07) is 16.9. The predicted octanol–water partition coefficient (Wildman–Crippen LogP) is 6.17. The molecule has 8 nitrogen and oxygen atoms in total. The summed E-state index contributed by atoms with van der Waals surface area (Å²) in [4.78, 5) is 28.9. The van der Waals surface area contributed by atoms with Gasteiger partial charge in [0, 0.05) is 12.6 Å². The number of carbonyl (C=O) groups excluding carboxylic acids is 2. The van der Waals surface area contributed by atoms with Crippen LogP contribution in [-0.4, -0.2) is 50.9 Å². The maximum absolute atomic E-state index is 14.2. The standard InChI is InChI=1S/C33H38F3N3O5S/c1-3-30(32(41)37-26-12-6-4-7-13-26)38(22-24-17-19-28(44-2)20-18-24)31(40)23-39(45(42,43)29-15-8-5-9-16-29)27-14-10-11-25(21-27)33(34,35)36/h5,8-11,14-21,26,30H,3-4,6-7,12-13,22-23H2,1-2H3,(H,37,41)/t30-/m1/s1. The van der Waals surface area contributed by atoms with Crippen molar-refractivity contribution in [3.63, 3.8) is 0 Å². The van der Waals surface area contributed by atoms with E-state index in [4.69, 9.17) is 4.74 Å². The van der Waals surface area contributed by atoms with Crippen LogP contribution in [0.1, 0.15) is 56.6 Å². The Kier molecular flexibility index (Phi) is 11.1. The molecule has 1 N–H and O–H groups in total. The van der Waals surface area contributed by atoms with E-state index in [1.165, 1.54) is 42.3 Å². The van der Waals surface area contributed by atoms with Gasteiger partial charge >= 0.3 is 6.18 Å². The Balaban J connectivity index is 1.74. The number of benzene rings is 3. The summed E-state index contributed by atoms with van der Waals surface area (Å²) in [5.41, 5.74) is -0.732. The third-order valence-electron chi connectivity index (χ3n) is 7.92. The van der Waals surface area contributed by atoms with Crippen molar-refractivity contribution >= 4 is 27.5 Å². The van der Waals surface area contributed by atoms with Crippen LogP contribution in [0.4, 0.5) is 18.9 Å². The number of ether oxygens (including phenoxy) is 1. The van der Waals surface area contributed by atoms with Crippen LogP contribution in [0, 0.1) is 0 Å². The number of rotatable bonds is 12. The lowest BCUT2D eigenvalue weighted by Gasteiger charge is -2.34. The van der Waals surface area contributed by atoms with E-state index < -0.39 is 40.3 Å². The molecule has 0 unspecified atom stereocenters. The lowest BCUT2D eigenvalue weighted by atomic mass is 9.95. The molecule has 0 bridgehead atoms. The molecule has 2 amide bonds. The molecule has 3 aromatic carbocycles. The number of amides is 2. The highest BCUT2D eigenvalue weighted by Gasteiger charge is 2.36. The van der Waals surface area contributed by atoms with E-state index in [0.717, 1.165) is 44.2 Å². The van der Waals surface area contributed by atoms with Crippen molar-refractivity contribution in [3.05, 3.63) is 90.0 Å². The average Bonchev–Trinajstić information content (AvgIpc) is 3.04. The van der Waals surface area contributed by atoms with Crippen LogP contribution in [0.15, 0.2) is 83.8 Å². The summed E-state index contributed by atoms with van der Waals surface area (Å²) in [6.07, 6.45) is 0.203. The Morgan fingerprint density at radius 3 is 2.22 bits per heavy atom. The number of hydrogen-bond donors (Lipinski definition) is 1. The number of carbonyl (C=O) groups is 2. The summed E-state index contributed by atoms with van der Waals surface area (Å²) in [5.74, 6) is -0.514. The molecule has 0 heterocycles. The van der Waals surface area contributed by atoms with Crippen LogP contribution in [0.2, 0.25) is 0 Å². The molecule has 242 valence electrons. The Bertz CT molecular complexity index is 1540. The third kappa shape index (κ3) is 8.56. The molecular formula is C33H38F3N3O5S. The van der Waals surface area contributed by atoms with E-state index in [2.05, 4.69) is 5.32 Å². The molecule has 1 aliphatic rings. The predicted molar refractivity (Wildman–Crippen MR) is 165 cm³/mol. The highest BCUT2D eigenvalue weighted by atomic mass is 32.2. The van der Waals surface area contributed by atoms with Gasteiger partial charge in [0.05, 0.1) is 23.3 Å².